The summed E-state index contributed by atoms with van der Waals surface area (Å²) >= 11 is 0. The fourth-order valence-electron chi connectivity index (χ4n) is 3.11. The molecule has 0 spiro atoms. The molecule has 0 atom stereocenters. The Bertz CT molecular complexity index is 791. The highest BCUT2D eigenvalue weighted by Crippen LogP contribution is 2.15. The van der Waals surface area contributed by atoms with E-state index < -0.39 is 0 Å². The van der Waals surface area contributed by atoms with Gasteiger partial charge < -0.3 is 10.7 Å². The molecule has 2 heterocycles. The zero-order valence-electron chi connectivity index (χ0n) is 15.1. The Morgan fingerprint density at radius 3 is 2.72 bits per heavy atom. The molecule has 0 unspecified atom stereocenters. The number of fused-ring (bicyclic) bond motifs is 1. The summed E-state index contributed by atoms with van der Waals surface area (Å²) in [5, 5.41) is 0. The standard InChI is InChI=1S/C20H27N5/c1-15-11-16(2)19(22-12-15)13-25(10-6-5-9-21)14-20-23-17-7-3-4-8-18(17)24-20/h3-4,7-8,11-12H,5-6,9-10,13-14,21H2,1-2H3,(H,23,24). The number of hydrogen-bond donors (Lipinski definition) is 2. The fraction of sp³-hybridized carbons (Fsp3) is 0.400. The molecule has 5 nitrogen and oxygen atoms in total. The van der Waals surface area contributed by atoms with Crippen molar-refractivity contribution in [2.24, 2.45) is 5.73 Å². The highest BCUT2D eigenvalue weighted by molar-refractivity contribution is 5.74. The lowest BCUT2D eigenvalue weighted by Crippen LogP contribution is -2.26. The number of nitrogens with zero attached hydrogens (tertiary/aromatic N) is 3. The minimum Gasteiger partial charge on any atom is -0.341 e. The number of aromatic amines is 1. The topological polar surface area (TPSA) is 70.8 Å². The smallest absolute Gasteiger partial charge is 0.121 e. The number of unbranched alkanes of at least 4 members (excludes halogenated alkanes) is 1. The van der Waals surface area contributed by atoms with Crippen molar-refractivity contribution in [2.75, 3.05) is 13.1 Å². The highest BCUT2D eigenvalue weighted by atomic mass is 15.2. The van der Waals surface area contributed by atoms with Crippen LogP contribution in [0, 0.1) is 13.8 Å². The number of nitrogens with one attached hydrogen (secondary N) is 1. The van der Waals surface area contributed by atoms with Gasteiger partial charge in [-0.2, -0.15) is 0 Å². The zero-order valence-corrected chi connectivity index (χ0v) is 15.1. The van der Waals surface area contributed by atoms with E-state index in [1.54, 1.807) is 0 Å². The van der Waals surface area contributed by atoms with E-state index in [2.05, 4.69) is 40.8 Å². The molecule has 5 heteroatoms. The average Bonchev–Trinajstić information content (AvgIpc) is 2.99. The van der Waals surface area contributed by atoms with Crippen molar-refractivity contribution in [1.82, 2.24) is 19.9 Å². The number of aryl methyl sites for hydroxylation is 2. The van der Waals surface area contributed by atoms with Crippen molar-refractivity contribution in [1.29, 1.82) is 0 Å². The lowest BCUT2D eigenvalue weighted by atomic mass is 10.1. The molecule has 3 N–H and O–H groups in total. The van der Waals surface area contributed by atoms with Crippen LogP contribution in [0.15, 0.2) is 36.5 Å². The molecule has 2 aromatic heterocycles. The molecule has 0 bridgehead atoms. The van der Waals surface area contributed by atoms with Crippen LogP contribution >= 0.6 is 0 Å². The molecule has 0 saturated heterocycles. The van der Waals surface area contributed by atoms with Crippen LogP contribution in [-0.4, -0.2) is 32.9 Å². The van der Waals surface area contributed by atoms with Crippen LogP contribution in [0.5, 0.6) is 0 Å². The van der Waals surface area contributed by atoms with Crippen molar-refractivity contribution >= 4 is 11.0 Å². The van der Waals surface area contributed by atoms with Crippen molar-refractivity contribution in [3.05, 3.63) is 59.2 Å². The van der Waals surface area contributed by atoms with Gasteiger partial charge in [-0.25, -0.2) is 4.98 Å². The Morgan fingerprint density at radius 2 is 1.96 bits per heavy atom. The Labute approximate surface area is 149 Å². The quantitative estimate of drug-likeness (QED) is 0.619. The molecule has 0 aliphatic carbocycles. The van der Waals surface area contributed by atoms with E-state index in [-0.39, 0.29) is 0 Å². The molecule has 0 radical (unpaired) electrons. The molecule has 1 aromatic carbocycles. The normalized spacial score (nSPS) is 11.5. The Hall–Kier alpha value is -2.24. The second-order valence-electron chi connectivity index (χ2n) is 6.68. The van der Waals surface area contributed by atoms with Gasteiger partial charge in [-0.1, -0.05) is 18.2 Å². The number of aromatic nitrogens is 3. The number of H-pyrrole nitrogens is 1. The maximum absolute atomic E-state index is 5.66. The van der Waals surface area contributed by atoms with Gasteiger partial charge in [0.05, 0.1) is 23.3 Å². The summed E-state index contributed by atoms with van der Waals surface area (Å²) in [5.74, 6) is 0.999. The number of pyridine rings is 1. The van der Waals surface area contributed by atoms with Gasteiger partial charge >= 0.3 is 0 Å². The fourth-order valence-corrected chi connectivity index (χ4v) is 3.11. The Balaban J connectivity index is 1.76. The van der Waals surface area contributed by atoms with Crippen LogP contribution in [0.1, 0.15) is 35.5 Å². The van der Waals surface area contributed by atoms with Crippen molar-refractivity contribution < 1.29 is 0 Å². The third-order valence-electron chi connectivity index (χ3n) is 4.44. The lowest BCUT2D eigenvalue weighted by Gasteiger charge is -2.21. The van der Waals surface area contributed by atoms with Crippen LogP contribution in [0.4, 0.5) is 0 Å². The van der Waals surface area contributed by atoms with E-state index in [4.69, 9.17) is 10.7 Å². The molecule has 0 fully saturated rings. The van der Waals surface area contributed by atoms with E-state index in [0.717, 1.165) is 61.6 Å². The predicted molar refractivity (Wildman–Crippen MR) is 102 cm³/mol. The zero-order chi connectivity index (χ0) is 17.6. The van der Waals surface area contributed by atoms with Crippen molar-refractivity contribution in [3.63, 3.8) is 0 Å². The molecule has 0 aliphatic rings. The first kappa shape index (κ1) is 17.6. The minimum atomic E-state index is 0.736. The summed E-state index contributed by atoms with van der Waals surface area (Å²) in [6.45, 7) is 7.55. The highest BCUT2D eigenvalue weighted by Gasteiger charge is 2.12. The summed E-state index contributed by atoms with van der Waals surface area (Å²) in [4.78, 5) is 15.2. The van der Waals surface area contributed by atoms with E-state index >= 15 is 0 Å². The first-order chi connectivity index (χ1) is 12.2. The van der Waals surface area contributed by atoms with Gasteiger partial charge in [0.1, 0.15) is 5.82 Å². The average molecular weight is 337 g/mol. The Morgan fingerprint density at radius 1 is 1.12 bits per heavy atom. The van der Waals surface area contributed by atoms with Gasteiger partial charge in [-0.3, -0.25) is 9.88 Å². The number of nitrogens with two attached hydrogens (primary N) is 1. The summed E-state index contributed by atoms with van der Waals surface area (Å²) in [5.41, 5.74) is 11.3. The SMILES string of the molecule is Cc1cnc(CN(CCCCN)Cc2nc3ccccc3[nH]2)c(C)c1. The maximum Gasteiger partial charge on any atom is 0.121 e. The Kier molecular flexibility index (Phi) is 5.79. The second-order valence-corrected chi connectivity index (χ2v) is 6.68. The van der Waals surface area contributed by atoms with Gasteiger partial charge in [0.15, 0.2) is 0 Å². The number of benzene rings is 1. The van der Waals surface area contributed by atoms with Crippen molar-refractivity contribution in [3.8, 4) is 0 Å². The molecule has 3 aromatic rings. The van der Waals surface area contributed by atoms with E-state index in [1.165, 1.54) is 11.1 Å². The monoisotopic (exact) mass is 337 g/mol. The lowest BCUT2D eigenvalue weighted by molar-refractivity contribution is 0.243. The molecular weight excluding hydrogens is 310 g/mol. The van der Waals surface area contributed by atoms with Crippen LogP contribution in [0.3, 0.4) is 0 Å². The van der Waals surface area contributed by atoms with Crippen LogP contribution in [0.25, 0.3) is 11.0 Å². The first-order valence-corrected chi connectivity index (χ1v) is 8.94. The first-order valence-electron chi connectivity index (χ1n) is 8.94. The molecule has 0 aliphatic heterocycles. The summed E-state index contributed by atoms with van der Waals surface area (Å²) < 4.78 is 0. The number of rotatable bonds is 8. The predicted octanol–water partition coefficient (Wildman–Crippen LogP) is 3.32. The van der Waals surface area contributed by atoms with Gasteiger partial charge in [0.2, 0.25) is 0 Å². The second kappa shape index (κ2) is 8.23. The van der Waals surface area contributed by atoms with Crippen molar-refractivity contribution in [2.45, 2.75) is 39.8 Å². The van der Waals surface area contributed by atoms with Crippen LogP contribution in [0.2, 0.25) is 0 Å². The number of para-hydroxylation sites is 2. The molecular formula is C20H27N5. The van der Waals surface area contributed by atoms with Gasteiger partial charge in [-0.15, -0.1) is 0 Å². The molecule has 0 amide bonds. The van der Waals surface area contributed by atoms with E-state index in [1.807, 2.05) is 24.4 Å². The summed E-state index contributed by atoms with van der Waals surface area (Å²) in [6.07, 6.45) is 4.07. The van der Waals surface area contributed by atoms with Gasteiger partial charge in [0.25, 0.3) is 0 Å². The van der Waals surface area contributed by atoms with E-state index in [0.29, 0.717) is 0 Å². The van der Waals surface area contributed by atoms with Crippen LogP contribution in [-0.2, 0) is 13.1 Å². The minimum absolute atomic E-state index is 0.736. The molecule has 0 saturated carbocycles. The number of hydrogen-bond acceptors (Lipinski definition) is 4. The van der Waals surface area contributed by atoms with Gasteiger partial charge in [-0.05, 0) is 63.0 Å². The summed E-state index contributed by atoms with van der Waals surface area (Å²) in [6, 6.07) is 10.4. The molecule has 25 heavy (non-hydrogen) atoms. The van der Waals surface area contributed by atoms with Gasteiger partial charge in [0, 0.05) is 12.7 Å². The molecule has 132 valence electrons. The van der Waals surface area contributed by atoms with Crippen LogP contribution < -0.4 is 5.73 Å². The summed E-state index contributed by atoms with van der Waals surface area (Å²) in [7, 11) is 0. The third kappa shape index (κ3) is 4.65. The number of imidazole rings is 1. The molecule has 3 rings (SSSR count). The maximum atomic E-state index is 5.66. The van der Waals surface area contributed by atoms with E-state index in [9.17, 15) is 0 Å². The largest absolute Gasteiger partial charge is 0.341 e. The third-order valence-corrected chi connectivity index (χ3v) is 4.44.